The van der Waals surface area contributed by atoms with E-state index in [1.807, 2.05) is 24.3 Å². The maximum absolute atomic E-state index is 13.1. The number of amides is 1. The lowest BCUT2D eigenvalue weighted by atomic mass is 10.2. The minimum absolute atomic E-state index is 0.0296. The highest BCUT2D eigenvalue weighted by atomic mass is 79.9. The van der Waals surface area contributed by atoms with Gasteiger partial charge in [-0.05, 0) is 52.9 Å². The van der Waals surface area contributed by atoms with Crippen LogP contribution >= 0.6 is 39.0 Å². The average molecular weight is 476 g/mol. The van der Waals surface area contributed by atoms with E-state index in [0.717, 1.165) is 39.6 Å². The molecule has 28 heavy (non-hydrogen) atoms. The topological polar surface area (TPSA) is 64.0 Å². The zero-order chi connectivity index (χ0) is 19.7. The molecule has 8 heteroatoms. The number of halogens is 1. The van der Waals surface area contributed by atoms with Gasteiger partial charge in [0.2, 0.25) is 5.91 Å². The molecule has 1 amide bonds. The van der Waals surface area contributed by atoms with Crippen LogP contribution in [0.1, 0.15) is 16.9 Å². The summed E-state index contributed by atoms with van der Waals surface area (Å²) in [7, 11) is 0. The fraction of sp³-hybridized carbons (Fsp3) is 0.250. The number of thiophene rings is 1. The molecule has 0 unspecified atom stereocenters. The third-order valence-electron chi connectivity index (χ3n) is 4.58. The number of rotatable bonds is 6. The van der Waals surface area contributed by atoms with Gasteiger partial charge in [-0.1, -0.05) is 30.0 Å². The Balaban J connectivity index is 1.60. The first-order valence-electron chi connectivity index (χ1n) is 8.91. The molecule has 1 aliphatic carbocycles. The molecule has 4 rings (SSSR count). The number of nitrogens with one attached hydrogen (secondary N) is 1. The van der Waals surface area contributed by atoms with Crippen molar-refractivity contribution in [3.05, 3.63) is 62.2 Å². The Bertz CT molecular complexity index is 1140. The summed E-state index contributed by atoms with van der Waals surface area (Å²) in [6, 6.07) is 7.45. The van der Waals surface area contributed by atoms with Crippen molar-refractivity contribution in [2.45, 2.75) is 31.0 Å². The second-order valence-electron chi connectivity index (χ2n) is 6.45. The summed E-state index contributed by atoms with van der Waals surface area (Å²) in [5, 5.41) is 4.18. The number of anilines is 1. The molecular weight excluding hydrogens is 458 g/mol. The molecule has 2 aromatic heterocycles. The molecule has 0 saturated heterocycles. The predicted molar refractivity (Wildman–Crippen MR) is 120 cm³/mol. The molecule has 1 N–H and O–H groups in total. The SMILES string of the molecule is C=CCn1c(SCC(=O)Nc2ccccc2Br)nc2sc3c(c2c1=O)CCC3. The number of benzene rings is 1. The molecule has 0 spiro atoms. The van der Waals surface area contributed by atoms with E-state index in [1.165, 1.54) is 22.2 Å². The third-order valence-corrected chi connectivity index (χ3v) is 7.44. The minimum Gasteiger partial charge on any atom is -0.324 e. The molecule has 1 aliphatic rings. The highest BCUT2D eigenvalue weighted by Crippen LogP contribution is 2.35. The van der Waals surface area contributed by atoms with Gasteiger partial charge >= 0.3 is 0 Å². The Morgan fingerprint density at radius 2 is 2.21 bits per heavy atom. The van der Waals surface area contributed by atoms with Crippen LogP contribution in [0.15, 0.2) is 51.3 Å². The molecule has 0 aliphatic heterocycles. The van der Waals surface area contributed by atoms with Crippen LogP contribution in [0.5, 0.6) is 0 Å². The number of thioether (sulfide) groups is 1. The van der Waals surface area contributed by atoms with Gasteiger partial charge in [-0.2, -0.15) is 0 Å². The summed E-state index contributed by atoms with van der Waals surface area (Å²) in [6.07, 6.45) is 4.76. The van der Waals surface area contributed by atoms with Crippen molar-refractivity contribution >= 4 is 60.8 Å². The van der Waals surface area contributed by atoms with Crippen LogP contribution < -0.4 is 10.9 Å². The second kappa shape index (κ2) is 8.23. The zero-order valence-corrected chi connectivity index (χ0v) is 18.3. The fourth-order valence-corrected chi connectivity index (χ4v) is 5.83. The first-order valence-corrected chi connectivity index (χ1v) is 11.5. The lowest BCUT2D eigenvalue weighted by Crippen LogP contribution is -2.24. The Kier molecular flexibility index (Phi) is 5.70. The summed E-state index contributed by atoms with van der Waals surface area (Å²) in [5.41, 5.74) is 1.85. The summed E-state index contributed by atoms with van der Waals surface area (Å²) in [6.45, 7) is 4.14. The largest absolute Gasteiger partial charge is 0.324 e. The van der Waals surface area contributed by atoms with Crippen molar-refractivity contribution < 1.29 is 4.79 Å². The summed E-state index contributed by atoms with van der Waals surface area (Å²) >= 11 is 6.31. The second-order valence-corrected chi connectivity index (χ2v) is 9.33. The van der Waals surface area contributed by atoms with Crippen LogP contribution in [0, 0.1) is 0 Å². The van der Waals surface area contributed by atoms with E-state index in [4.69, 9.17) is 4.98 Å². The van der Waals surface area contributed by atoms with Gasteiger partial charge in [0, 0.05) is 15.9 Å². The van der Waals surface area contributed by atoms with Gasteiger partial charge in [0.05, 0.1) is 16.8 Å². The zero-order valence-electron chi connectivity index (χ0n) is 15.0. The summed E-state index contributed by atoms with van der Waals surface area (Å²) in [5.74, 6) is 0.0201. The summed E-state index contributed by atoms with van der Waals surface area (Å²) in [4.78, 5) is 32.3. The van der Waals surface area contributed by atoms with E-state index < -0.39 is 0 Å². The molecule has 3 aromatic rings. The van der Waals surface area contributed by atoms with Gasteiger partial charge in [-0.25, -0.2) is 4.98 Å². The highest BCUT2D eigenvalue weighted by molar-refractivity contribution is 9.10. The number of hydrogen-bond acceptors (Lipinski definition) is 5. The van der Waals surface area contributed by atoms with E-state index in [0.29, 0.717) is 11.7 Å². The molecule has 2 heterocycles. The molecule has 0 saturated carbocycles. The van der Waals surface area contributed by atoms with Gasteiger partial charge in [-0.15, -0.1) is 17.9 Å². The fourth-order valence-electron chi connectivity index (χ4n) is 3.34. The van der Waals surface area contributed by atoms with Gasteiger partial charge in [0.15, 0.2) is 5.16 Å². The molecular formula is C20H18BrN3O2S2. The monoisotopic (exact) mass is 475 g/mol. The normalized spacial score (nSPS) is 12.9. The lowest BCUT2D eigenvalue weighted by Gasteiger charge is -2.11. The van der Waals surface area contributed by atoms with Crippen LogP contribution in [0.25, 0.3) is 10.2 Å². The van der Waals surface area contributed by atoms with Crippen LogP contribution in [-0.2, 0) is 24.2 Å². The van der Waals surface area contributed by atoms with Crippen LogP contribution in [-0.4, -0.2) is 21.2 Å². The van der Waals surface area contributed by atoms with Gasteiger partial charge in [0.1, 0.15) is 4.83 Å². The van der Waals surface area contributed by atoms with Gasteiger partial charge in [0.25, 0.3) is 5.56 Å². The Labute approximate surface area is 179 Å². The highest BCUT2D eigenvalue weighted by Gasteiger charge is 2.23. The van der Waals surface area contributed by atoms with Crippen LogP contribution in [0.3, 0.4) is 0 Å². The van der Waals surface area contributed by atoms with E-state index in [1.54, 1.807) is 22.0 Å². The van der Waals surface area contributed by atoms with Crippen molar-refractivity contribution in [3.63, 3.8) is 0 Å². The quantitative estimate of drug-likeness (QED) is 0.320. The number of carbonyl (C=O) groups is 1. The Morgan fingerprint density at radius 1 is 1.39 bits per heavy atom. The number of aromatic nitrogens is 2. The molecule has 0 bridgehead atoms. The Morgan fingerprint density at radius 3 is 3.00 bits per heavy atom. The third kappa shape index (κ3) is 3.68. The number of carbonyl (C=O) groups excluding carboxylic acids is 1. The first-order chi connectivity index (χ1) is 13.6. The predicted octanol–water partition coefficient (Wildman–Crippen LogP) is 4.63. The molecule has 144 valence electrons. The number of nitrogens with zero attached hydrogens (tertiary/aromatic N) is 2. The van der Waals surface area contributed by atoms with Crippen LogP contribution in [0.4, 0.5) is 5.69 Å². The number of para-hydroxylation sites is 1. The molecule has 0 radical (unpaired) electrons. The molecule has 0 atom stereocenters. The average Bonchev–Trinajstić information content (AvgIpc) is 3.25. The first kappa shape index (κ1) is 19.4. The number of allylic oxidation sites excluding steroid dienone is 1. The minimum atomic E-state index is -0.148. The molecule has 5 nitrogen and oxygen atoms in total. The molecule has 1 aromatic carbocycles. The Hall–Kier alpha value is -1.90. The maximum Gasteiger partial charge on any atom is 0.263 e. The van der Waals surface area contributed by atoms with Crippen molar-refractivity contribution in [2.24, 2.45) is 0 Å². The van der Waals surface area contributed by atoms with E-state index >= 15 is 0 Å². The maximum atomic E-state index is 13.1. The lowest BCUT2D eigenvalue weighted by molar-refractivity contribution is -0.113. The van der Waals surface area contributed by atoms with Gasteiger partial charge in [-0.3, -0.25) is 14.2 Å². The number of aryl methyl sites for hydroxylation is 2. The smallest absolute Gasteiger partial charge is 0.263 e. The molecule has 0 fully saturated rings. The van der Waals surface area contributed by atoms with Gasteiger partial charge < -0.3 is 5.32 Å². The van der Waals surface area contributed by atoms with E-state index in [-0.39, 0.29) is 17.2 Å². The standard InChI is InChI=1S/C20H18BrN3O2S2/c1-2-10-24-19(26)17-12-6-5-9-15(12)28-18(17)23-20(24)27-11-16(25)22-14-8-4-3-7-13(14)21/h2-4,7-8H,1,5-6,9-11H2,(H,22,25). The van der Waals surface area contributed by atoms with Crippen molar-refractivity contribution in [3.8, 4) is 0 Å². The number of fused-ring (bicyclic) bond motifs is 3. The number of hydrogen-bond donors (Lipinski definition) is 1. The van der Waals surface area contributed by atoms with Crippen molar-refractivity contribution in [2.75, 3.05) is 11.1 Å². The van der Waals surface area contributed by atoms with Crippen molar-refractivity contribution in [1.82, 2.24) is 9.55 Å². The summed E-state index contributed by atoms with van der Waals surface area (Å²) < 4.78 is 2.45. The van der Waals surface area contributed by atoms with Crippen molar-refractivity contribution in [1.29, 1.82) is 0 Å². The van der Waals surface area contributed by atoms with E-state index in [2.05, 4.69) is 27.8 Å². The van der Waals surface area contributed by atoms with E-state index in [9.17, 15) is 9.59 Å². The van der Waals surface area contributed by atoms with Crippen LogP contribution in [0.2, 0.25) is 0 Å².